The third-order valence-electron chi connectivity index (χ3n) is 2.33. The number of carbonyl (C=O) groups is 1. The summed E-state index contributed by atoms with van der Waals surface area (Å²) in [4.78, 5) is 11.4. The highest BCUT2D eigenvalue weighted by atomic mass is 79.9. The van der Waals surface area contributed by atoms with Gasteiger partial charge in [-0.05, 0) is 56.1 Å². The Hall–Kier alpha value is -1.40. The quantitative estimate of drug-likeness (QED) is 0.854. The monoisotopic (exact) mass is 387 g/mol. The topological polar surface area (TPSA) is 52.3 Å². The number of primary amides is 1. The number of amides is 1. The molecule has 0 aliphatic heterocycles. The summed E-state index contributed by atoms with van der Waals surface area (Å²) < 4.78 is 19.8. The average molecular weight is 389 g/mol. The van der Waals surface area contributed by atoms with E-state index in [2.05, 4.69) is 31.9 Å². The van der Waals surface area contributed by atoms with Crippen LogP contribution in [0.25, 0.3) is 0 Å². The number of halogens is 3. The minimum atomic E-state index is -0.630. The van der Waals surface area contributed by atoms with Gasteiger partial charge in [0.2, 0.25) is 0 Å². The van der Waals surface area contributed by atoms with E-state index < -0.39 is 11.7 Å². The summed E-state index contributed by atoms with van der Waals surface area (Å²) in [5.74, 6) is -0.544. The van der Waals surface area contributed by atoms with E-state index in [1.54, 1.807) is 18.2 Å². The van der Waals surface area contributed by atoms with Crippen LogP contribution in [0, 0.1) is 5.82 Å². The summed E-state index contributed by atoms with van der Waals surface area (Å²) in [6.07, 6.45) is 0. The zero-order valence-corrected chi connectivity index (χ0v) is 12.7. The van der Waals surface area contributed by atoms with Gasteiger partial charge in [0.05, 0.1) is 10.0 Å². The van der Waals surface area contributed by atoms with Gasteiger partial charge in [0.1, 0.15) is 17.3 Å². The van der Waals surface area contributed by atoms with Gasteiger partial charge in [-0.3, -0.25) is 4.79 Å². The molecule has 0 spiro atoms. The molecule has 2 N–H and O–H groups in total. The summed E-state index contributed by atoms with van der Waals surface area (Å²) in [6.45, 7) is 0. The Balaban J connectivity index is 2.46. The number of benzene rings is 2. The van der Waals surface area contributed by atoms with Crippen LogP contribution < -0.4 is 10.5 Å². The Morgan fingerprint density at radius 1 is 1.11 bits per heavy atom. The largest absolute Gasteiger partial charge is 0.455 e. The van der Waals surface area contributed by atoms with Gasteiger partial charge in [-0.1, -0.05) is 6.07 Å². The number of carbonyl (C=O) groups excluding carboxylic acids is 1. The lowest BCUT2D eigenvalue weighted by Crippen LogP contribution is -2.13. The number of nitrogens with two attached hydrogens (primary N) is 1. The van der Waals surface area contributed by atoms with Crippen molar-refractivity contribution in [3.63, 3.8) is 0 Å². The molecular formula is C13H8Br2FNO2. The maximum atomic E-state index is 13.2. The number of hydrogen-bond donors (Lipinski definition) is 1. The lowest BCUT2D eigenvalue weighted by molar-refractivity contribution is 0.0997. The first-order valence-corrected chi connectivity index (χ1v) is 6.79. The van der Waals surface area contributed by atoms with E-state index in [0.29, 0.717) is 8.95 Å². The Kier molecular flexibility index (Phi) is 4.21. The molecule has 2 aromatic rings. The lowest BCUT2D eigenvalue weighted by Gasteiger charge is -2.11. The first kappa shape index (κ1) is 14.0. The third-order valence-corrected chi connectivity index (χ3v) is 3.65. The molecule has 0 saturated heterocycles. The fraction of sp³-hybridized carbons (Fsp3) is 0. The van der Waals surface area contributed by atoms with Crippen LogP contribution in [-0.4, -0.2) is 5.91 Å². The van der Waals surface area contributed by atoms with Gasteiger partial charge in [0, 0.05) is 10.5 Å². The normalized spacial score (nSPS) is 10.3. The van der Waals surface area contributed by atoms with Crippen LogP contribution >= 0.6 is 31.9 Å². The number of rotatable bonds is 3. The molecule has 2 aromatic carbocycles. The van der Waals surface area contributed by atoms with Gasteiger partial charge in [-0.15, -0.1) is 0 Å². The van der Waals surface area contributed by atoms with Crippen molar-refractivity contribution in [2.45, 2.75) is 0 Å². The second-order valence-electron chi connectivity index (χ2n) is 3.65. The molecule has 0 fully saturated rings. The molecule has 0 radical (unpaired) electrons. The number of ether oxygens (including phenoxy) is 1. The lowest BCUT2D eigenvalue weighted by atomic mass is 10.2. The average Bonchev–Trinajstić information content (AvgIpc) is 2.33. The fourth-order valence-electron chi connectivity index (χ4n) is 1.50. The van der Waals surface area contributed by atoms with E-state index >= 15 is 0 Å². The summed E-state index contributed by atoms with van der Waals surface area (Å²) in [5.41, 5.74) is 5.51. The molecule has 0 bridgehead atoms. The Morgan fingerprint density at radius 2 is 1.84 bits per heavy atom. The minimum Gasteiger partial charge on any atom is -0.455 e. The van der Waals surface area contributed by atoms with Gasteiger partial charge < -0.3 is 10.5 Å². The van der Waals surface area contributed by atoms with Crippen molar-refractivity contribution in [1.82, 2.24) is 0 Å². The molecule has 0 atom stereocenters. The van der Waals surface area contributed by atoms with Crippen LogP contribution in [0.15, 0.2) is 45.3 Å². The Labute approximate surface area is 125 Å². The predicted molar refractivity (Wildman–Crippen MR) is 76.8 cm³/mol. The summed E-state index contributed by atoms with van der Waals surface area (Å²) in [6, 6.07) is 8.99. The van der Waals surface area contributed by atoms with E-state index in [4.69, 9.17) is 10.5 Å². The molecule has 6 heteroatoms. The highest BCUT2D eigenvalue weighted by molar-refractivity contribution is 9.10. The molecular weight excluding hydrogens is 381 g/mol. The van der Waals surface area contributed by atoms with Crippen LogP contribution in [0.5, 0.6) is 11.5 Å². The molecule has 0 aromatic heterocycles. The van der Waals surface area contributed by atoms with Gasteiger partial charge in [0.25, 0.3) is 5.91 Å². The SMILES string of the molecule is NC(=O)c1c(Br)cccc1Oc1cc(F)ccc1Br. The summed E-state index contributed by atoms with van der Waals surface area (Å²) >= 11 is 6.48. The van der Waals surface area contributed by atoms with Gasteiger partial charge in [-0.2, -0.15) is 0 Å². The highest BCUT2D eigenvalue weighted by Gasteiger charge is 2.15. The third kappa shape index (κ3) is 3.13. The van der Waals surface area contributed by atoms with E-state index in [1.807, 2.05) is 0 Å². The maximum absolute atomic E-state index is 13.2. The van der Waals surface area contributed by atoms with Gasteiger partial charge in [-0.25, -0.2) is 4.39 Å². The smallest absolute Gasteiger partial charge is 0.253 e. The predicted octanol–water partition coefficient (Wildman–Crippen LogP) is 4.24. The van der Waals surface area contributed by atoms with Crippen LogP contribution in [0.2, 0.25) is 0 Å². The van der Waals surface area contributed by atoms with Crippen LogP contribution in [-0.2, 0) is 0 Å². The highest BCUT2D eigenvalue weighted by Crippen LogP contribution is 2.34. The zero-order chi connectivity index (χ0) is 14.0. The van der Waals surface area contributed by atoms with Crippen LogP contribution in [0.3, 0.4) is 0 Å². The fourth-order valence-corrected chi connectivity index (χ4v) is 2.37. The van der Waals surface area contributed by atoms with E-state index in [0.717, 1.165) is 0 Å². The van der Waals surface area contributed by atoms with Crippen LogP contribution in [0.4, 0.5) is 4.39 Å². The van der Waals surface area contributed by atoms with Gasteiger partial charge in [0.15, 0.2) is 0 Å². The second kappa shape index (κ2) is 5.71. The molecule has 0 aliphatic carbocycles. The Bertz CT molecular complexity index is 647. The molecule has 19 heavy (non-hydrogen) atoms. The molecule has 0 saturated carbocycles. The standard InChI is InChI=1S/C13H8Br2FNO2/c14-8-5-4-7(16)6-11(8)19-10-3-1-2-9(15)12(10)13(17)18/h1-6H,(H2,17,18). The van der Waals surface area contributed by atoms with Crippen molar-refractivity contribution >= 4 is 37.8 Å². The molecule has 0 heterocycles. The molecule has 3 nitrogen and oxygen atoms in total. The van der Waals surface area contributed by atoms with Gasteiger partial charge >= 0.3 is 0 Å². The van der Waals surface area contributed by atoms with Crippen molar-refractivity contribution in [2.75, 3.05) is 0 Å². The molecule has 2 rings (SSSR count). The maximum Gasteiger partial charge on any atom is 0.253 e. The van der Waals surface area contributed by atoms with E-state index in [1.165, 1.54) is 18.2 Å². The summed E-state index contributed by atoms with van der Waals surface area (Å²) in [7, 11) is 0. The first-order chi connectivity index (χ1) is 8.99. The van der Waals surface area contributed by atoms with E-state index in [-0.39, 0.29) is 17.1 Å². The molecule has 1 amide bonds. The van der Waals surface area contributed by atoms with Crippen LogP contribution in [0.1, 0.15) is 10.4 Å². The first-order valence-electron chi connectivity index (χ1n) is 5.20. The second-order valence-corrected chi connectivity index (χ2v) is 5.36. The minimum absolute atomic E-state index is 0.207. The van der Waals surface area contributed by atoms with Crippen molar-refractivity contribution in [1.29, 1.82) is 0 Å². The summed E-state index contributed by atoms with van der Waals surface area (Å²) in [5, 5.41) is 0. The molecule has 0 aliphatic rings. The molecule has 0 unspecified atom stereocenters. The van der Waals surface area contributed by atoms with Crippen molar-refractivity contribution in [3.05, 3.63) is 56.7 Å². The molecule has 98 valence electrons. The Morgan fingerprint density at radius 3 is 2.53 bits per heavy atom. The number of hydrogen-bond acceptors (Lipinski definition) is 2. The van der Waals surface area contributed by atoms with E-state index in [9.17, 15) is 9.18 Å². The van der Waals surface area contributed by atoms with Crippen molar-refractivity contribution < 1.29 is 13.9 Å². The van der Waals surface area contributed by atoms with Crippen molar-refractivity contribution in [3.8, 4) is 11.5 Å². The zero-order valence-electron chi connectivity index (χ0n) is 9.49. The van der Waals surface area contributed by atoms with Crippen molar-refractivity contribution in [2.24, 2.45) is 5.73 Å².